The number of hydrogen-bond acceptors (Lipinski definition) is 15. The molecule has 2 aliphatic heterocycles. The molecular weight excluding hydrogens is 985 g/mol. The molecule has 0 spiro atoms. The Balaban J connectivity index is 1.69. The highest BCUT2D eigenvalue weighted by atomic mass is 16.7. The number of unbranched alkanes of at least 4 members (excludes halogenated alkanes) is 39. The third-order valence-electron chi connectivity index (χ3n) is 15.8. The van der Waals surface area contributed by atoms with Gasteiger partial charge in [-0.3, -0.25) is 9.59 Å². The summed E-state index contributed by atoms with van der Waals surface area (Å²) in [4.78, 5) is 26.0. The lowest BCUT2D eigenvalue weighted by molar-refractivity contribution is -0.332. The molecule has 2 heterocycles. The number of esters is 2. The Morgan fingerprint density at radius 2 is 0.662 bits per heavy atom. The molecule has 0 saturated carbocycles. The van der Waals surface area contributed by atoms with E-state index in [-0.39, 0.29) is 26.1 Å². The van der Waals surface area contributed by atoms with Gasteiger partial charge in [0.1, 0.15) is 55.4 Å². The fourth-order valence-corrected chi connectivity index (χ4v) is 10.6. The van der Waals surface area contributed by atoms with E-state index >= 15 is 0 Å². The van der Waals surface area contributed by atoms with Crippen molar-refractivity contribution in [1.29, 1.82) is 0 Å². The van der Waals surface area contributed by atoms with Gasteiger partial charge in [0.15, 0.2) is 18.7 Å². The summed E-state index contributed by atoms with van der Waals surface area (Å²) in [5.41, 5.74) is 0. The van der Waals surface area contributed by atoms with Gasteiger partial charge in [-0.2, -0.15) is 0 Å². The van der Waals surface area contributed by atoms with Crippen LogP contribution in [0.1, 0.15) is 290 Å². The summed E-state index contributed by atoms with van der Waals surface area (Å²) in [5, 5.41) is 72.4. The van der Waals surface area contributed by atoms with Crippen molar-refractivity contribution in [3.8, 4) is 0 Å². The predicted molar refractivity (Wildman–Crippen MR) is 303 cm³/mol. The van der Waals surface area contributed by atoms with E-state index in [0.29, 0.717) is 12.8 Å². The Hall–Kier alpha value is -1.50. The average Bonchev–Trinajstić information content (AvgIpc) is 3.43. The van der Waals surface area contributed by atoms with Crippen LogP contribution < -0.4 is 0 Å². The molecule has 0 aromatic carbocycles. The molecule has 15 nitrogen and oxygen atoms in total. The van der Waals surface area contributed by atoms with Gasteiger partial charge >= 0.3 is 11.9 Å². The second-order valence-electron chi connectivity index (χ2n) is 23.0. The maximum Gasteiger partial charge on any atom is 0.306 e. The molecule has 0 aromatic rings. The molecule has 0 amide bonds. The Kier molecular flexibility index (Phi) is 45.7. The number of carbonyl (C=O) groups is 2. The highest BCUT2D eigenvalue weighted by Gasteiger charge is 2.47. The molecule has 4 unspecified atom stereocenters. The summed E-state index contributed by atoms with van der Waals surface area (Å²) in [5.74, 6) is -0.900. The third kappa shape index (κ3) is 35.9. The first kappa shape index (κ1) is 71.6. The van der Waals surface area contributed by atoms with E-state index in [0.717, 1.165) is 38.5 Å². The minimum Gasteiger partial charge on any atom is -0.462 e. The Bertz CT molecular complexity index is 1340. The van der Waals surface area contributed by atoms with Gasteiger partial charge in [-0.05, 0) is 12.8 Å². The van der Waals surface area contributed by atoms with Crippen LogP contribution in [0, 0.1) is 0 Å². The molecule has 2 saturated heterocycles. The minimum absolute atomic E-state index is 0.174. The van der Waals surface area contributed by atoms with Crippen molar-refractivity contribution in [1.82, 2.24) is 0 Å². The molecule has 0 aromatic heterocycles. The Morgan fingerprint density at radius 3 is 1.01 bits per heavy atom. The number of rotatable bonds is 53. The van der Waals surface area contributed by atoms with Crippen LogP contribution in [0.3, 0.4) is 0 Å². The van der Waals surface area contributed by atoms with Crippen molar-refractivity contribution >= 4 is 11.9 Å². The molecule has 15 heteroatoms. The number of carbonyl (C=O) groups excluding carboxylic acids is 2. The lowest BCUT2D eigenvalue weighted by Crippen LogP contribution is -2.61. The maximum absolute atomic E-state index is 13.1. The van der Waals surface area contributed by atoms with Crippen molar-refractivity contribution in [2.24, 2.45) is 0 Å². The zero-order valence-electron chi connectivity index (χ0n) is 49.0. The standard InChI is InChI=1S/C62H118O15/c1-3-5-7-9-11-13-15-17-19-21-23-24-25-26-27-29-31-33-35-37-39-41-43-45-54(65)75-50(47-72-53(64)44-42-40-38-36-34-32-30-28-22-20-18-16-14-12-10-8-6-4-2)48-73-61-60(71)58(69)56(67)52(77-61)49-74-62-59(70)57(68)55(66)51(46-63)76-62/h50-52,55-63,66-71H,3-49H2,1-2H3/t50-,51+,52+,55-,56-,57?,58?,59?,60?,61+,62+/m1/s1. The van der Waals surface area contributed by atoms with E-state index in [1.807, 2.05) is 0 Å². The van der Waals surface area contributed by atoms with E-state index in [9.17, 15) is 45.3 Å². The van der Waals surface area contributed by atoms with Crippen molar-refractivity contribution in [3.63, 3.8) is 0 Å². The highest BCUT2D eigenvalue weighted by Crippen LogP contribution is 2.27. The van der Waals surface area contributed by atoms with E-state index in [4.69, 9.17) is 28.4 Å². The lowest BCUT2D eigenvalue weighted by atomic mass is 9.98. The van der Waals surface area contributed by atoms with Gasteiger partial charge in [-0.25, -0.2) is 0 Å². The molecule has 0 radical (unpaired) electrons. The Morgan fingerprint density at radius 1 is 0.364 bits per heavy atom. The SMILES string of the molecule is CCCCCCCCCCCCCCCCCCCCCCCCCC(=O)O[C@H](COC(=O)CCCCCCCCCCCCCCCCCCCC)CO[C@H]1O[C@@H](CO[C@H]2O[C@@H](CO)[C@@H](O)C(O)C2O)[C@@H](O)C(O)C1O. The fraction of sp³-hybridized carbons (Fsp3) is 0.968. The van der Waals surface area contributed by atoms with Gasteiger partial charge in [-0.15, -0.1) is 0 Å². The second-order valence-corrected chi connectivity index (χ2v) is 23.0. The Labute approximate surface area is 468 Å². The van der Waals surface area contributed by atoms with Crippen molar-refractivity contribution < 1.29 is 73.8 Å². The van der Waals surface area contributed by atoms with Crippen LogP contribution in [0.2, 0.25) is 0 Å². The molecule has 0 aliphatic carbocycles. The van der Waals surface area contributed by atoms with Gasteiger partial charge in [-0.1, -0.05) is 264 Å². The molecule has 2 rings (SSSR count). The molecule has 2 aliphatic rings. The maximum atomic E-state index is 13.1. The summed E-state index contributed by atoms with van der Waals surface area (Å²) in [7, 11) is 0. The molecule has 77 heavy (non-hydrogen) atoms. The van der Waals surface area contributed by atoms with Crippen LogP contribution in [-0.2, 0) is 38.0 Å². The first-order chi connectivity index (χ1) is 37.5. The van der Waals surface area contributed by atoms with E-state index in [1.165, 1.54) is 212 Å². The summed E-state index contributed by atoms with van der Waals surface area (Å²) in [6, 6.07) is 0. The van der Waals surface area contributed by atoms with E-state index in [1.54, 1.807) is 0 Å². The molecule has 0 bridgehead atoms. The molecule has 2 fully saturated rings. The molecular formula is C62H118O15. The van der Waals surface area contributed by atoms with Crippen LogP contribution in [0.5, 0.6) is 0 Å². The van der Waals surface area contributed by atoms with Crippen LogP contribution in [0.15, 0.2) is 0 Å². The number of ether oxygens (including phenoxy) is 6. The van der Waals surface area contributed by atoms with Gasteiger partial charge in [0, 0.05) is 12.8 Å². The minimum atomic E-state index is -1.76. The lowest BCUT2D eigenvalue weighted by Gasteiger charge is -2.42. The zero-order valence-corrected chi connectivity index (χ0v) is 49.0. The predicted octanol–water partition coefficient (Wildman–Crippen LogP) is 11.9. The van der Waals surface area contributed by atoms with Crippen LogP contribution in [-0.4, -0.2) is 142 Å². The summed E-state index contributed by atoms with van der Waals surface area (Å²) < 4.78 is 33.8. The number of aliphatic hydroxyl groups is 7. The second kappa shape index (κ2) is 49.1. The summed E-state index contributed by atoms with van der Waals surface area (Å²) >= 11 is 0. The van der Waals surface area contributed by atoms with E-state index in [2.05, 4.69) is 13.8 Å². The largest absolute Gasteiger partial charge is 0.462 e. The fourth-order valence-electron chi connectivity index (χ4n) is 10.6. The topological polar surface area (TPSA) is 231 Å². The number of hydrogen-bond donors (Lipinski definition) is 7. The molecule has 11 atom stereocenters. The van der Waals surface area contributed by atoms with Crippen LogP contribution >= 0.6 is 0 Å². The van der Waals surface area contributed by atoms with Crippen LogP contribution in [0.25, 0.3) is 0 Å². The van der Waals surface area contributed by atoms with Gasteiger partial charge < -0.3 is 64.2 Å². The first-order valence-electron chi connectivity index (χ1n) is 32.1. The van der Waals surface area contributed by atoms with Gasteiger partial charge in [0.25, 0.3) is 0 Å². The summed E-state index contributed by atoms with van der Waals surface area (Å²) in [6.45, 7) is 2.68. The number of aliphatic hydroxyl groups excluding tert-OH is 7. The normalized spacial score (nSPS) is 24.1. The quantitative estimate of drug-likeness (QED) is 0.0222. The third-order valence-corrected chi connectivity index (χ3v) is 15.8. The molecule has 7 N–H and O–H groups in total. The van der Waals surface area contributed by atoms with E-state index < -0.39 is 92.7 Å². The van der Waals surface area contributed by atoms with Gasteiger partial charge in [0.05, 0.1) is 19.8 Å². The van der Waals surface area contributed by atoms with Crippen molar-refractivity contribution in [3.05, 3.63) is 0 Å². The van der Waals surface area contributed by atoms with Gasteiger partial charge in [0.2, 0.25) is 0 Å². The monoisotopic (exact) mass is 1100 g/mol. The van der Waals surface area contributed by atoms with Crippen molar-refractivity contribution in [2.75, 3.05) is 26.4 Å². The zero-order chi connectivity index (χ0) is 56.0. The van der Waals surface area contributed by atoms with Crippen molar-refractivity contribution in [2.45, 2.75) is 357 Å². The average molecular weight is 1100 g/mol. The first-order valence-corrected chi connectivity index (χ1v) is 32.1. The summed E-state index contributed by atoms with van der Waals surface area (Å²) in [6.07, 6.45) is 35.5. The van der Waals surface area contributed by atoms with Crippen LogP contribution in [0.4, 0.5) is 0 Å². The highest BCUT2D eigenvalue weighted by molar-refractivity contribution is 5.70. The smallest absolute Gasteiger partial charge is 0.306 e. The molecule has 456 valence electrons.